The van der Waals surface area contributed by atoms with Crippen molar-refractivity contribution in [2.24, 2.45) is 0 Å². The lowest BCUT2D eigenvalue weighted by Crippen LogP contribution is -2.29. The second-order valence-electron chi connectivity index (χ2n) is 6.89. The number of fused-ring (bicyclic) bond motifs is 1. The van der Waals surface area contributed by atoms with Gasteiger partial charge in [-0.15, -0.1) is 11.3 Å². The Labute approximate surface area is 189 Å². The van der Waals surface area contributed by atoms with Gasteiger partial charge >= 0.3 is 5.91 Å². The Morgan fingerprint density at radius 1 is 1.10 bits per heavy atom. The number of carbonyl (C=O) groups is 2. The Kier molecular flexibility index (Phi) is 4.99. The highest BCUT2D eigenvalue weighted by Gasteiger charge is 2.48. The van der Waals surface area contributed by atoms with E-state index in [-0.39, 0.29) is 11.3 Å². The monoisotopic (exact) mass is 498 g/mol. The van der Waals surface area contributed by atoms with Gasteiger partial charge in [0.1, 0.15) is 19.0 Å². The third kappa shape index (κ3) is 3.39. The van der Waals surface area contributed by atoms with Crippen LogP contribution in [0.2, 0.25) is 0 Å². The van der Waals surface area contributed by atoms with Crippen LogP contribution in [0.3, 0.4) is 0 Å². The van der Waals surface area contributed by atoms with Crippen molar-refractivity contribution < 1.29 is 24.2 Å². The molecule has 1 atom stereocenters. The number of hydrogen-bond donors (Lipinski definition) is 1. The van der Waals surface area contributed by atoms with Crippen molar-refractivity contribution in [2.75, 3.05) is 18.1 Å². The lowest BCUT2D eigenvalue weighted by atomic mass is 9.95. The van der Waals surface area contributed by atoms with E-state index in [1.165, 1.54) is 16.2 Å². The van der Waals surface area contributed by atoms with Crippen molar-refractivity contribution in [1.29, 1.82) is 0 Å². The molecule has 5 rings (SSSR count). The largest absolute Gasteiger partial charge is 0.507 e. The summed E-state index contributed by atoms with van der Waals surface area (Å²) in [5.41, 5.74) is 1.04. The number of benzene rings is 2. The number of carbonyl (C=O) groups excluding carboxylic acids is 2. The van der Waals surface area contributed by atoms with Gasteiger partial charge < -0.3 is 14.6 Å². The molecule has 1 fully saturated rings. The second-order valence-corrected chi connectivity index (χ2v) is 8.68. The molecule has 9 heteroatoms. The number of ether oxygens (including phenoxy) is 2. The molecular formula is C22H15BrN2O5S. The van der Waals surface area contributed by atoms with E-state index >= 15 is 0 Å². The van der Waals surface area contributed by atoms with Gasteiger partial charge in [0.25, 0.3) is 5.78 Å². The molecule has 7 nitrogen and oxygen atoms in total. The Morgan fingerprint density at radius 2 is 1.84 bits per heavy atom. The summed E-state index contributed by atoms with van der Waals surface area (Å²) in [5, 5.41) is 13.3. The normalized spacial score (nSPS) is 19.6. The first kappa shape index (κ1) is 19.8. The molecule has 2 aliphatic rings. The van der Waals surface area contributed by atoms with Crippen LogP contribution in [0, 0.1) is 0 Å². The smallest absolute Gasteiger partial charge is 0.301 e. The summed E-state index contributed by atoms with van der Waals surface area (Å²) in [5.74, 6) is -0.736. The van der Waals surface area contributed by atoms with Crippen molar-refractivity contribution in [3.8, 4) is 11.5 Å². The fraction of sp³-hybridized carbons (Fsp3) is 0.136. The Balaban J connectivity index is 1.68. The number of hydrogen-bond acceptors (Lipinski definition) is 7. The SMILES string of the molecule is O=C1C(=O)N(c2nccs2)[C@H](c2ccc(Br)cc2)C1=C(O)c1ccc2c(c1)OCCO2. The van der Waals surface area contributed by atoms with Crippen molar-refractivity contribution in [3.63, 3.8) is 0 Å². The minimum absolute atomic E-state index is 0.000741. The van der Waals surface area contributed by atoms with Crippen molar-refractivity contribution in [1.82, 2.24) is 4.98 Å². The quantitative estimate of drug-likeness (QED) is 0.329. The van der Waals surface area contributed by atoms with Gasteiger partial charge in [-0.25, -0.2) is 4.98 Å². The number of aliphatic hydroxyl groups excluding tert-OH is 1. The second kappa shape index (κ2) is 7.82. The fourth-order valence-corrected chi connectivity index (χ4v) is 4.60. The van der Waals surface area contributed by atoms with Gasteiger partial charge in [-0.1, -0.05) is 28.1 Å². The van der Waals surface area contributed by atoms with Crippen molar-refractivity contribution >= 4 is 49.8 Å². The zero-order valence-electron chi connectivity index (χ0n) is 15.9. The predicted octanol–water partition coefficient (Wildman–Crippen LogP) is 4.30. The zero-order valence-corrected chi connectivity index (χ0v) is 18.4. The molecule has 0 spiro atoms. The minimum Gasteiger partial charge on any atom is -0.507 e. The molecular weight excluding hydrogens is 484 g/mol. The molecule has 3 heterocycles. The number of aliphatic hydroxyl groups is 1. The van der Waals surface area contributed by atoms with Crippen LogP contribution in [0.4, 0.5) is 5.13 Å². The predicted molar refractivity (Wildman–Crippen MR) is 118 cm³/mol. The highest BCUT2D eigenvalue weighted by atomic mass is 79.9. The summed E-state index contributed by atoms with van der Waals surface area (Å²) in [4.78, 5) is 31.6. The molecule has 2 aromatic carbocycles. The number of rotatable bonds is 3. The number of anilines is 1. The van der Waals surface area contributed by atoms with E-state index in [4.69, 9.17) is 9.47 Å². The topological polar surface area (TPSA) is 89.0 Å². The first-order chi connectivity index (χ1) is 15.0. The maximum Gasteiger partial charge on any atom is 0.301 e. The van der Waals surface area contributed by atoms with Crippen LogP contribution in [0.5, 0.6) is 11.5 Å². The summed E-state index contributed by atoms with van der Waals surface area (Å²) < 4.78 is 12.0. The van der Waals surface area contributed by atoms with E-state index in [0.717, 1.165) is 4.47 Å². The number of aromatic nitrogens is 1. The van der Waals surface area contributed by atoms with Gasteiger partial charge in [0.05, 0.1) is 11.6 Å². The average Bonchev–Trinajstić information content (AvgIpc) is 3.40. The lowest BCUT2D eigenvalue weighted by Gasteiger charge is -2.23. The maximum absolute atomic E-state index is 13.1. The molecule has 3 aromatic rings. The molecule has 1 N–H and O–H groups in total. The lowest BCUT2D eigenvalue weighted by molar-refractivity contribution is -0.132. The molecule has 0 saturated carbocycles. The number of amides is 1. The molecule has 156 valence electrons. The van der Waals surface area contributed by atoms with Crippen LogP contribution in [0.1, 0.15) is 17.2 Å². The van der Waals surface area contributed by atoms with E-state index in [1.807, 2.05) is 12.1 Å². The van der Waals surface area contributed by atoms with E-state index < -0.39 is 17.7 Å². The van der Waals surface area contributed by atoms with Crippen molar-refractivity contribution in [2.45, 2.75) is 6.04 Å². The van der Waals surface area contributed by atoms with Gasteiger partial charge in [-0.05, 0) is 35.9 Å². The van der Waals surface area contributed by atoms with Crippen LogP contribution in [0.15, 0.2) is 64.1 Å². The average molecular weight is 499 g/mol. The van der Waals surface area contributed by atoms with Crippen LogP contribution in [-0.2, 0) is 9.59 Å². The molecule has 1 amide bonds. The van der Waals surface area contributed by atoms with Gasteiger partial charge in [0.15, 0.2) is 16.6 Å². The molecule has 0 radical (unpaired) electrons. The van der Waals surface area contributed by atoms with E-state index in [9.17, 15) is 14.7 Å². The van der Waals surface area contributed by atoms with Gasteiger partial charge in [0, 0.05) is 21.6 Å². The fourth-order valence-electron chi connectivity index (χ4n) is 3.67. The first-order valence-corrected chi connectivity index (χ1v) is 11.1. The number of halogens is 1. The summed E-state index contributed by atoms with van der Waals surface area (Å²) >= 11 is 4.65. The van der Waals surface area contributed by atoms with Crippen LogP contribution in [0.25, 0.3) is 5.76 Å². The Hall–Kier alpha value is -3.17. The van der Waals surface area contributed by atoms with Gasteiger partial charge in [-0.2, -0.15) is 0 Å². The summed E-state index contributed by atoms with van der Waals surface area (Å²) in [6.07, 6.45) is 1.57. The molecule has 0 bridgehead atoms. The van der Waals surface area contributed by atoms with Crippen LogP contribution in [-0.4, -0.2) is 35.0 Å². The first-order valence-electron chi connectivity index (χ1n) is 9.40. The number of Topliss-reactive ketones (excluding diaryl/α,β-unsaturated/α-hetero) is 1. The third-order valence-corrected chi connectivity index (χ3v) is 6.37. The minimum atomic E-state index is -0.813. The summed E-state index contributed by atoms with van der Waals surface area (Å²) in [6.45, 7) is 0.839. The molecule has 0 aliphatic carbocycles. The maximum atomic E-state index is 13.1. The van der Waals surface area contributed by atoms with E-state index in [2.05, 4.69) is 20.9 Å². The Morgan fingerprint density at radius 3 is 2.55 bits per heavy atom. The summed E-state index contributed by atoms with van der Waals surface area (Å²) in [7, 11) is 0. The zero-order chi connectivity index (χ0) is 21.5. The number of nitrogens with zero attached hydrogens (tertiary/aromatic N) is 2. The van der Waals surface area contributed by atoms with E-state index in [1.54, 1.807) is 41.9 Å². The van der Waals surface area contributed by atoms with Crippen LogP contribution < -0.4 is 14.4 Å². The molecule has 2 aliphatic heterocycles. The van der Waals surface area contributed by atoms with Gasteiger partial charge in [-0.3, -0.25) is 14.5 Å². The van der Waals surface area contributed by atoms with Crippen molar-refractivity contribution in [3.05, 3.63) is 75.2 Å². The number of ketones is 1. The molecule has 31 heavy (non-hydrogen) atoms. The van der Waals surface area contributed by atoms with E-state index in [0.29, 0.717) is 41.0 Å². The highest BCUT2D eigenvalue weighted by molar-refractivity contribution is 9.10. The summed E-state index contributed by atoms with van der Waals surface area (Å²) in [6, 6.07) is 11.4. The van der Waals surface area contributed by atoms with Gasteiger partial charge in [0.2, 0.25) is 0 Å². The van der Waals surface area contributed by atoms with Crippen LogP contribution >= 0.6 is 27.3 Å². The Bertz CT molecular complexity index is 1210. The third-order valence-electron chi connectivity index (χ3n) is 5.07. The number of thiazole rings is 1. The molecule has 1 aromatic heterocycles. The highest BCUT2D eigenvalue weighted by Crippen LogP contribution is 2.43. The molecule has 1 saturated heterocycles. The molecule has 0 unspecified atom stereocenters. The standard InChI is InChI=1S/C22H15BrN2O5S/c23-14-4-1-12(2-5-14)18-17(20(27)21(28)25(18)22-24-7-10-31-22)19(26)13-3-6-15-16(11-13)30-9-8-29-15/h1-7,10-11,18,26H,8-9H2/t18-/m1/s1.